The van der Waals surface area contributed by atoms with Gasteiger partial charge in [0.2, 0.25) is 5.91 Å². The number of amides is 1. The molecule has 0 N–H and O–H groups in total. The molecule has 0 aliphatic carbocycles. The van der Waals surface area contributed by atoms with Crippen molar-refractivity contribution < 1.29 is 13.2 Å². The minimum Gasteiger partial charge on any atom is -0.358 e. The third-order valence-electron chi connectivity index (χ3n) is 4.81. The van der Waals surface area contributed by atoms with Crippen molar-refractivity contribution in [3.05, 3.63) is 66.2 Å². The number of sulfone groups is 1. The van der Waals surface area contributed by atoms with E-state index in [1.165, 1.54) is 0 Å². The van der Waals surface area contributed by atoms with Crippen LogP contribution in [-0.4, -0.2) is 50.4 Å². The lowest BCUT2D eigenvalue weighted by molar-refractivity contribution is -0.130. The lowest BCUT2D eigenvalue weighted by Gasteiger charge is -2.29. The van der Waals surface area contributed by atoms with Crippen molar-refractivity contribution in [2.24, 2.45) is 0 Å². The van der Waals surface area contributed by atoms with Crippen molar-refractivity contribution in [3.8, 4) is 0 Å². The van der Waals surface area contributed by atoms with Gasteiger partial charge < -0.3 is 9.80 Å². The fourth-order valence-electron chi connectivity index (χ4n) is 3.24. The maximum atomic E-state index is 12.8. The van der Waals surface area contributed by atoms with Crippen LogP contribution in [0.1, 0.15) is 12.0 Å². The molecule has 0 radical (unpaired) electrons. The average Bonchev–Trinajstić information content (AvgIpc) is 3.02. The molecular weight excluding hydrogens is 348 g/mol. The van der Waals surface area contributed by atoms with Gasteiger partial charge in [0.15, 0.2) is 9.84 Å². The van der Waals surface area contributed by atoms with Gasteiger partial charge in [-0.25, -0.2) is 8.42 Å². The number of hydrogen-bond donors (Lipinski definition) is 0. The lowest BCUT2D eigenvalue weighted by atomic mass is 10.2. The average molecular weight is 372 g/mol. The van der Waals surface area contributed by atoms with Gasteiger partial charge in [0.1, 0.15) is 0 Å². The molecule has 1 heterocycles. The summed E-state index contributed by atoms with van der Waals surface area (Å²) in [5.41, 5.74) is 2.09. The summed E-state index contributed by atoms with van der Waals surface area (Å²) in [4.78, 5) is 16.4. The standard InChI is InChI=1S/C20H24N2O3S/c1-21(19-12-13-26(24,25)16-19)20(23)15-22(18-10-6-3-7-11-18)14-17-8-4-2-5-9-17/h2-11,19H,12-16H2,1H3. The summed E-state index contributed by atoms with van der Waals surface area (Å²) in [6, 6.07) is 19.6. The van der Waals surface area contributed by atoms with Crippen LogP contribution in [-0.2, 0) is 21.2 Å². The molecular formula is C20H24N2O3S. The zero-order valence-electron chi connectivity index (χ0n) is 14.9. The van der Waals surface area contributed by atoms with E-state index in [9.17, 15) is 13.2 Å². The van der Waals surface area contributed by atoms with E-state index in [1.807, 2.05) is 65.6 Å². The highest BCUT2D eigenvalue weighted by molar-refractivity contribution is 7.91. The molecule has 1 atom stereocenters. The first-order chi connectivity index (χ1) is 12.4. The van der Waals surface area contributed by atoms with Crippen molar-refractivity contribution in [2.75, 3.05) is 30.0 Å². The summed E-state index contributed by atoms with van der Waals surface area (Å²) in [6.45, 7) is 0.833. The van der Waals surface area contributed by atoms with Crippen molar-refractivity contribution in [2.45, 2.75) is 19.0 Å². The van der Waals surface area contributed by atoms with Crippen molar-refractivity contribution >= 4 is 21.4 Å². The van der Waals surface area contributed by atoms with Gasteiger partial charge in [0.05, 0.1) is 18.1 Å². The number of rotatable bonds is 6. The molecule has 0 saturated carbocycles. The van der Waals surface area contributed by atoms with Crippen molar-refractivity contribution in [1.29, 1.82) is 0 Å². The van der Waals surface area contributed by atoms with E-state index in [0.29, 0.717) is 13.0 Å². The molecule has 1 unspecified atom stereocenters. The van der Waals surface area contributed by atoms with Crippen LogP contribution in [0, 0.1) is 0 Å². The Bertz CT molecular complexity index is 838. The zero-order valence-corrected chi connectivity index (χ0v) is 15.7. The van der Waals surface area contributed by atoms with Gasteiger partial charge in [-0.1, -0.05) is 48.5 Å². The van der Waals surface area contributed by atoms with E-state index in [4.69, 9.17) is 0 Å². The highest BCUT2D eigenvalue weighted by atomic mass is 32.2. The smallest absolute Gasteiger partial charge is 0.242 e. The normalized spacial score (nSPS) is 18.4. The van der Waals surface area contributed by atoms with Gasteiger partial charge in [0.25, 0.3) is 0 Å². The molecule has 2 aromatic carbocycles. The maximum Gasteiger partial charge on any atom is 0.242 e. The van der Waals surface area contributed by atoms with E-state index in [0.717, 1.165) is 11.3 Å². The molecule has 6 heteroatoms. The number of likely N-dealkylation sites (N-methyl/N-ethyl adjacent to an activating group) is 1. The molecule has 0 aromatic heterocycles. The number of carbonyl (C=O) groups excluding carboxylic acids is 1. The van der Waals surface area contributed by atoms with Crippen LogP contribution < -0.4 is 4.90 Å². The first kappa shape index (κ1) is 18.5. The Balaban J connectivity index is 1.74. The molecule has 1 aliphatic rings. The second-order valence-electron chi connectivity index (χ2n) is 6.74. The second-order valence-corrected chi connectivity index (χ2v) is 8.97. The largest absolute Gasteiger partial charge is 0.358 e. The van der Waals surface area contributed by atoms with Crippen LogP contribution in [0.25, 0.3) is 0 Å². The first-order valence-electron chi connectivity index (χ1n) is 8.74. The number of anilines is 1. The number of carbonyl (C=O) groups is 1. The molecule has 2 aromatic rings. The van der Waals surface area contributed by atoms with E-state index < -0.39 is 9.84 Å². The van der Waals surface area contributed by atoms with Crippen molar-refractivity contribution in [3.63, 3.8) is 0 Å². The van der Waals surface area contributed by atoms with Crippen LogP contribution in [0.4, 0.5) is 5.69 Å². The minimum atomic E-state index is -3.01. The molecule has 0 spiro atoms. The predicted octanol–water partition coefficient (Wildman–Crippen LogP) is 2.34. The topological polar surface area (TPSA) is 57.7 Å². The number of nitrogens with zero attached hydrogens (tertiary/aromatic N) is 2. The zero-order chi connectivity index (χ0) is 18.6. The van der Waals surface area contributed by atoms with Gasteiger partial charge in [0, 0.05) is 25.3 Å². The molecule has 1 fully saturated rings. The van der Waals surface area contributed by atoms with E-state index in [1.54, 1.807) is 11.9 Å². The fraction of sp³-hybridized carbons (Fsp3) is 0.350. The third-order valence-corrected chi connectivity index (χ3v) is 6.56. The third kappa shape index (κ3) is 4.64. The van der Waals surface area contributed by atoms with Gasteiger partial charge >= 0.3 is 0 Å². The molecule has 5 nitrogen and oxygen atoms in total. The maximum absolute atomic E-state index is 12.8. The number of para-hydroxylation sites is 1. The number of benzene rings is 2. The summed E-state index contributed by atoms with van der Waals surface area (Å²) in [5.74, 6) is 0.174. The highest BCUT2D eigenvalue weighted by Crippen LogP contribution is 2.20. The van der Waals surface area contributed by atoms with E-state index >= 15 is 0 Å². The van der Waals surface area contributed by atoms with E-state index in [2.05, 4.69) is 0 Å². The molecule has 1 saturated heterocycles. The first-order valence-corrected chi connectivity index (χ1v) is 10.6. The Morgan fingerprint density at radius 1 is 1.04 bits per heavy atom. The van der Waals surface area contributed by atoms with E-state index in [-0.39, 0.29) is 30.0 Å². The number of hydrogen-bond acceptors (Lipinski definition) is 4. The highest BCUT2D eigenvalue weighted by Gasteiger charge is 2.33. The van der Waals surface area contributed by atoms with Crippen LogP contribution in [0.5, 0.6) is 0 Å². The monoisotopic (exact) mass is 372 g/mol. The van der Waals surface area contributed by atoms with Crippen LogP contribution in [0.3, 0.4) is 0 Å². The van der Waals surface area contributed by atoms with Crippen molar-refractivity contribution in [1.82, 2.24) is 4.90 Å². The Kier molecular flexibility index (Phi) is 5.61. The fourth-order valence-corrected chi connectivity index (χ4v) is 5.01. The molecule has 0 bridgehead atoms. The molecule has 138 valence electrons. The van der Waals surface area contributed by atoms with Gasteiger partial charge in [-0.3, -0.25) is 4.79 Å². The summed E-state index contributed by atoms with van der Waals surface area (Å²) in [7, 11) is -1.30. The van der Waals surface area contributed by atoms with Gasteiger partial charge in [-0.05, 0) is 24.1 Å². The minimum absolute atomic E-state index is 0.0631. The quantitative estimate of drug-likeness (QED) is 0.781. The summed E-state index contributed by atoms with van der Waals surface area (Å²) in [6.07, 6.45) is 0.522. The lowest BCUT2D eigenvalue weighted by Crippen LogP contribution is -2.44. The Hall–Kier alpha value is -2.34. The van der Waals surface area contributed by atoms with Crippen LogP contribution in [0.15, 0.2) is 60.7 Å². The van der Waals surface area contributed by atoms with Gasteiger partial charge in [-0.2, -0.15) is 0 Å². The molecule has 3 rings (SSSR count). The summed E-state index contributed by atoms with van der Waals surface area (Å²) >= 11 is 0. The van der Waals surface area contributed by atoms with Gasteiger partial charge in [-0.15, -0.1) is 0 Å². The summed E-state index contributed by atoms with van der Waals surface area (Å²) in [5, 5.41) is 0. The van der Waals surface area contributed by atoms with Crippen LogP contribution >= 0.6 is 0 Å². The van der Waals surface area contributed by atoms with Crippen LogP contribution in [0.2, 0.25) is 0 Å². The SMILES string of the molecule is CN(C(=O)CN(Cc1ccccc1)c1ccccc1)C1CCS(=O)(=O)C1. The molecule has 26 heavy (non-hydrogen) atoms. The second kappa shape index (κ2) is 7.91. The molecule has 1 amide bonds. The molecule has 1 aliphatic heterocycles. The Morgan fingerprint density at radius 2 is 1.65 bits per heavy atom. The Morgan fingerprint density at radius 3 is 2.23 bits per heavy atom. The summed E-state index contributed by atoms with van der Waals surface area (Å²) < 4.78 is 23.4. The predicted molar refractivity (Wildman–Crippen MR) is 104 cm³/mol. The Labute approximate surface area is 155 Å².